The van der Waals surface area contributed by atoms with Crippen molar-refractivity contribution in [3.05, 3.63) is 34.9 Å². The molecule has 0 radical (unpaired) electrons. The summed E-state index contributed by atoms with van der Waals surface area (Å²) in [5.74, 6) is 0.180. The van der Waals surface area contributed by atoms with Gasteiger partial charge in [0.25, 0.3) is 0 Å². The number of hydrogen-bond acceptors (Lipinski definition) is 3. The normalized spacial score (nSPS) is 20.3. The molecule has 0 saturated carbocycles. The lowest BCUT2D eigenvalue weighted by atomic mass is 9.92. The van der Waals surface area contributed by atoms with Gasteiger partial charge in [0.05, 0.1) is 30.9 Å². The highest BCUT2D eigenvalue weighted by Crippen LogP contribution is 2.34. The number of piperidine rings is 1. The fourth-order valence-electron chi connectivity index (χ4n) is 3.20. The van der Waals surface area contributed by atoms with Crippen LogP contribution in [-0.4, -0.2) is 40.8 Å². The van der Waals surface area contributed by atoms with E-state index in [0.29, 0.717) is 18.1 Å². The number of nitrogens with zero attached hydrogens (tertiary/aromatic N) is 1. The molecule has 1 N–H and O–H groups in total. The third-order valence-electron chi connectivity index (χ3n) is 4.38. The van der Waals surface area contributed by atoms with Crippen molar-refractivity contribution < 1.29 is 14.6 Å². The monoisotopic (exact) mass is 353 g/mol. The summed E-state index contributed by atoms with van der Waals surface area (Å²) < 4.78 is 5.69. The van der Waals surface area contributed by atoms with E-state index in [4.69, 9.17) is 16.3 Å². The number of halogens is 1. The average Bonchev–Trinajstić information content (AvgIpc) is 2.52. The van der Waals surface area contributed by atoms with Crippen molar-refractivity contribution in [1.82, 2.24) is 4.90 Å². The van der Waals surface area contributed by atoms with Crippen molar-refractivity contribution in [2.45, 2.75) is 64.1 Å². The van der Waals surface area contributed by atoms with Gasteiger partial charge in [0.15, 0.2) is 0 Å². The second-order valence-electron chi connectivity index (χ2n) is 7.15. The highest BCUT2D eigenvalue weighted by atomic mass is 35.5. The number of benzene rings is 1. The predicted molar refractivity (Wildman–Crippen MR) is 96.1 cm³/mol. The van der Waals surface area contributed by atoms with E-state index in [1.54, 1.807) is 13.8 Å². The molecule has 1 heterocycles. The van der Waals surface area contributed by atoms with Gasteiger partial charge in [0.2, 0.25) is 5.91 Å². The number of carbonyl (C=O) groups excluding carboxylic acids is 1. The fourth-order valence-corrected chi connectivity index (χ4v) is 3.32. The molecule has 134 valence electrons. The number of rotatable bonds is 7. The van der Waals surface area contributed by atoms with E-state index in [0.717, 1.165) is 24.8 Å². The van der Waals surface area contributed by atoms with Crippen LogP contribution in [0, 0.1) is 0 Å². The topological polar surface area (TPSA) is 49.8 Å². The van der Waals surface area contributed by atoms with Crippen molar-refractivity contribution in [3.63, 3.8) is 0 Å². The molecule has 0 spiro atoms. The largest absolute Gasteiger partial charge is 0.388 e. The molecule has 2 atom stereocenters. The van der Waals surface area contributed by atoms with Crippen LogP contribution in [0.25, 0.3) is 0 Å². The number of amides is 1. The first kappa shape index (κ1) is 19.2. The Morgan fingerprint density at radius 1 is 1.38 bits per heavy atom. The summed E-state index contributed by atoms with van der Waals surface area (Å²) in [6.07, 6.45) is 3.27. The highest BCUT2D eigenvalue weighted by Gasteiger charge is 2.34. The third kappa shape index (κ3) is 5.20. The Labute approximate surface area is 149 Å². The maximum absolute atomic E-state index is 12.6. The number of ether oxygens (including phenoxy) is 1. The number of hydrogen-bond donors (Lipinski definition) is 1. The summed E-state index contributed by atoms with van der Waals surface area (Å²) >= 11 is 5.99. The van der Waals surface area contributed by atoms with Crippen molar-refractivity contribution in [1.29, 1.82) is 0 Å². The van der Waals surface area contributed by atoms with E-state index < -0.39 is 5.60 Å². The van der Waals surface area contributed by atoms with Crippen LogP contribution in [0.4, 0.5) is 0 Å². The molecule has 1 amide bonds. The van der Waals surface area contributed by atoms with Gasteiger partial charge in [-0.25, -0.2) is 0 Å². The smallest absolute Gasteiger partial charge is 0.223 e. The van der Waals surface area contributed by atoms with Crippen LogP contribution in [0.1, 0.15) is 58.1 Å². The van der Waals surface area contributed by atoms with E-state index >= 15 is 0 Å². The second kappa shape index (κ2) is 8.32. The Hall–Kier alpha value is -1.10. The summed E-state index contributed by atoms with van der Waals surface area (Å²) in [4.78, 5) is 14.6. The second-order valence-corrected chi connectivity index (χ2v) is 7.59. The van der Waals surface area contributed by atoms with Crippen LogP contribution in [0.2, 0.25) is 5.02 Å². The molecular formula is C19H28ClNO3. The molecular weight excluding hydrogens is 326 g/mol. The van der Waals surface area contributed by atoms with Gasteiger partial charge >= 0.3 is 0 Å². The molecule has 5 heteroatoms. The molecule has 1 fully saturated rings. The zero-order valence-electron chi connectivity index (χ0n) is 14.8. The van der Waals surface area contributed by atoms with E-state index in [2.05, 4.69) is 6.92 Å². The Morgan fingerprint density at radius 2 is 2.04 bits per heavy atom. The standard InChI is InChI=1S/C19H28ClNO3/c1-4-16(12-24-13-19(2,3)23)21-17(6-5-7-18(21)22)14-8-10-15(20)11-9-14/h8-11,16-17,23H,4-7,12-13H2,1-3H3/t16-,17?/m0/s1. The third-order valence-corrected chi connectivity index (χ3v) is 4.63. The zero-order valence-corrected chi connectivity index (χ0v) is 15.6. The van der Waals surface area contributed by atoms with E-state index in [1.807, 2.05) is 29.2 Å². The molecule has 24 heavy (non-hydrogen) atoms. The van der Waals surface area contributed by atoms with E-state index in [1.165, 1.54) is 0 Å². The van der Waals surface area contributed by atoms with Crippen LogP contribution in [-0.2, 0) is 9.53 Å². The average molecular weight is 354 g/mol. The maximum Gasteiger partial charge on any atom is 0.223 e. The lowest BCUT2D eigenvalue weighted by Crippen LogP contribution is -2.47. The van der Waals surface area contributed by atoms with E-state index in [9.17, 15) is 9.90 Å². The van der Waals surface area contributed by atoms with E-state index in [-0.39, 0.29) is 24.6 Å². The number of likely N-dealkylation sites (tertiary alicyclic amines) is 1. The molecule has 4 nitrogen and oxygen atoms in total. The lowest BCUT2D eigenvalue weighted by molar-refractivity contribution is -0.142. The number of carbonyl (C=O) groups is 1. The minimum absolute atomic E-state index is 0.0147. The van der Waals surface area contributed by atoms with Gasteiger partial charge in [-0.2, -0.15) is 0 Å². The minimum Gasteiger partial charge on any atom is -0.388 e. The summed E-state index contributed by atoms with van der Waals surface area (Å²) in [5.41, 5.74) is 0.258. The molecule has 0 aromatic heterocycles. The molecule has 1 saturated heterocycles. The van der Waals surface area contributed by atoms with Gasteiger partial charge < -0.3 is 14.7 Å². The minimum atomic E-state index is -0.861. The highest BCUT2D eigenvalue weighted by molar-refractivity contribution is 6.30. The van der Waals surface area contributed by atoms with Crippen LogP contribution in [0.5, 0.6) is 0 Å². The summed E-state index contributed by atoms with van der Waals surface area (Å²) in [6, 6.07) is 7.84. The quantitative estimate of drug-likeness (QED) is 0.807. The predicted octanol–water partition coefficient (Wildman–Crippen LogP) is 3.96. The van der Waals surface area contributed by atoms with Gasteiger partial charge in [-0.3, -0.25) is 4.79 Å². The van der Waals surface area contributed by atoms with Crippen molar-refractivity contribution in [2.24, 2.45) is 0 Å². The lowest BCUT2D eigenvalue weighted by Gasteiger charge is -2.41. The molecule has 0 bridgehead atoms. The zero-order chi connectivity index (χ0) is 17.7. The first-order chi connectivity index (χ1) is 11.3. The molecule has 1 aromatic carbocycles. The van der Waals surface area contributed by atoms with Crippen molar-refractivity contribution in [3.8, 4) is 0 Å². The first-order valence-electron chi connectivity index (χ1n) is 8.68. The molecule has 1 unspecified atom stereocenters. The number of aliphatic hydroxyl groups is 1. The van der Waals surface area contributed by atoms with Crippen LogP contribution in [0.3, 0.4) is 0 Å². The summed E-state index contributed by atoms with van der Waals surface area (Å²) in [7, 11) is 0. The molecule has 2 rings (SSSR count). The summed E-state index contributed by atoms with van der Waals surface area (Å²) in [6.45, 7) is 6.21. The Bertz CT molecular complexity index is 539. The molecule has 1 aliphatic heterocycles. The maximum atomic E-state index is 12.6. The van der Waals surface area contributed by atoms with Gasteiger partial charge in [0.1, 0.15) is 0 Å². The SMILES string of the molecule is CC[C@@H](COCC(C)(C)O)N1C(=O)CCCC1c1ccc(Cl)cc1. The van der Waals surface area contributed by atoms with Gasteiger partial charge in [-0.15, -0.1) is 0 Å². The van der Waals surface area contributed by atoms with Gasteiger partial charge in [0, 0.05) is 11.4 Å². The summed E-state index contributed by atoms with van der Waals surface area (Å²) in [5, 5.41) is 10.5. The van der Waals surface area contributed by atoms with Gasteiger partial charge in [-0.05, 0) is 50.8 Å². The Balaban J connectivity index is 2.14. The van der Waals surface area contributed by atoms with Gasteiger partial charge in [-0.1, -0.05) is 30.7 Å². The molecule has 1 aliphatic rings. The Kier molecular flexibility index (Phi) is 6.67. The first-order valence-corrected chi connectivity index (χ1v) is 9.06. The van der Waals surface area contributed by atoms with Crippen LogP contribution >= 0.6 is 11.6 Å². The molecule has 1 aromatic rings. The van der Waals surface area contributed by atoms with Crippen molar-refractivity contribution in [2.75, 3.05) is 13.2 Å². The Morgan fingerprint density at radius 3 is 2.62 bits per heavy atom. The van der Waals surface area contributed by atoms with Crippen LogP contribution < -0.4 is 0 Å². The molecule has 0 aliphatic carbocycles. The van der Waals surface area contributed by atoms with Crippen molar-refractivity contribution >= 4 is 17.5 Å². The van der Waals surface area contributed by atoms with Crippen LogP contribution in [0.15, 0.2) is 24.3 Å². The fraction of sp³-hybridized carbons (Fsp3) is 0.632.